The lowest BCUT2D eigenvalue weighted by Crippen LogP contribution is -2.33. The van der Waals surface area contributed by atoms with Crippen LogP contribution in [0.4, 0.5) is 4.39 Å². The third kappa shape index (κ3) is 4.30. The molecule has 148 valence electrons. The number of carbonyl (C=O) groups excluding carboxylic acids is 2. The van der Waals surface area contributed by atoms with Crippen molar-refractivity contribution in [1.82, 2.24) is 9.88 Å². The number of nitrogens with one attached hydrogen (secondary N) is 1. The van der Waals surface area contributed by atoms with Crippen molar-refractivity contribution in [1.29, 1.82) is 0 Å². The Bertz CT molecular complexity index is 948. The van der Waals surface area contributed by atoms with Crippen molar-refractivity contribution in [3.63, 3.8) is 0 Å². The summed E-state index contributed by atoms with van der Waals surface area (Å²) in [6.07, 6.45) is 1.63. The second-order valence-corrected chi connectivity index (χ2v) is 7.07. The first-order valence-electron chi connectivity index (χ1n) is 9.18. The minimum absolute atomic E-state index is 0.0183. The topological polar surface area (TPSA) is 77.4 Å². The Morgan fingerprint density at radius 1 is 1.29 bits per heavy atom. The van der Waals surface area contributed by atoms with Gasteiger partial charge in [-0.2, -0.15) is 0 Å². The minimum atomic E-state index is -0.832. The molecule has 1 amide bonds. The highest BCUT2D eigenvalue weighted by Gasteiger charge is 2.31. The largest absolute Gasteiger partial charge is 0.497 e. The van der Waals surface area contributed by atoms with Gasteiger partial charge in [-0.05, 0) is 42.5 Å². The summed E-state index contributed by atoms with van der Waals surface area (Å²) in [4.78, 5) is 37.5. The molecular weight excluding hydrogens is 363 g/mol. The molecule has 1 aromatic carbocycles. The molecule has 1 aromatic heterocycles. The molecule has 3 rings (SSSR count). The van der Waals surface area contributed by atoms with Crippen LogP contribution < -0.4 is 15.6 Å². The van der Waals surface area contributed by atoms with E-state index in [1.807, 2.05) is 6.07 Å². The molecule has 0 radical (unpaired) electrons. The molecule has 28 heavy (non-hydrogen) atoms. The van der Waals surface area contributed by atoms with Gasteiger partial charge < -0.3 is 14.6 Å². The molecule has 0 unspecified atom stereocenters. The van der Waals surface area contributed by atoms with E-state index in [1.54, 1.807) is 25.3 Å². The van der Waals surface area contributed by atoms with E-state index in [2.05, 4.69) is 5.32 Å². The highest BCUT2D eigenvalue weighted by Crippen LogP contribution is 2.33. The van der Waals surface area contributed by atoms with Crippen molar-refractivity contribution in [3.05, 3.63) is 63.6 Å². The number of pyridine rings is 1. The summed E-state index contributed by atoms with van der Waals surface area (Å²) in [5.74, 6) is -0.0762. The summed E-state index contributed by atoms with van der Waals surface area (Å²) in [5, 5.41) is 2.43. The van der Waals surface area contributed by atoms with Crippen molar-refractivity contribution in [2.45, 2.75) is 32.0 Å². The number of methoxy groups -OCH3 is 1. The number of Topliss-reactive ketones (excluding diaryl/α,β-unsaturated/α-hetero) is 1. The third-order valence-electron chi connectivity index (χ3n) is 5.02. The SMILES string of the molecule is CNC(=O)c1cc(C(=O)CC2CC(F)C2)cn(Cc2cccc(OC)c2)c1=O. The first-order chi connectivity index (χ1) is 13.4. The fourth-order valence-corrected chi connectivity index (χ4v) is 3.37. The zero-order chi connectivity index (χ0) is 20.3. The number of nitrogens with zero attached hydrogens (tertiary/aromatic N) is 1. The summed E-state index contributed by atoms with van der Waals surface area (Å²) in [5.41, 5.74) is 0.510. The Kier molecular flexibility index (Phi) is 5.92. The Labute approximate surface area is 162 Å². The van der Waals surface area contributed by atoms with Gasteiger partial charge in [-0.25, -0.2) is 4.39 Å². The maximum Gasteiger partial charge on any atom is 0.263 e. The number of rotatable bonds is 7. The Hall–Kier alpha value is -2.96. The van der Waals surface area contributed by atoms with Gasteiger partial charge in [-0.3, -0.25) is 14.4 Å². The molecule has 0 atom stereocenters. The molecule has 7 heteroatoms. The summed E-state index contributed by atoms with van der Waals surface area (Å²) in [6.45, 7) is 0.192. The van der Waals surface area contributed by atoms with E-state index >= 15 is 0 Å². The average Bonchev–Trinajstić information content (AvgIpc) is 2.67. The fraction of sp³-hybridized carbons (Fsp3) is 0.381. The molecule has 6 nitrogen and oxygen atoms in total. The van der Waals surface area contributed by atoms with Crippen LogP contribution in [-0.2, 0) is 6.54 Å². The number of hydrogen-bond acceptors (Lipinski definition) is 4. The van der Waals surface area contributed by atoms with Crippen LogP contribution in [0.2, 0.25) is 0 Å². The van der Waals surface area contributed by atoms with Crippen molar-refractivity contribution in [3.8, 4) is 5.75 Å². The van der Waals surface area contributed by atoms with Crippen molar-refractivity contribution < 1.29 is 18.7 Å². The van der Waals surface area contributed by atoms with Crippen LogP contribution in [0.15, 0.2) is 41.3 Å². The van der Waals surface area contributed by atoms with Gasteiger partial charge in [0.25, 0.3) is 11.5 Å². The lowest BCUT2D eigenvalue weighted by Gasteiger charge is -2.28. The number of ether oxygens (including phenoxy) is 1. The molecule has 1 fully saturated rings. The van der Waals surface area contributed by atoms with E-state index in [4.69, 9.17) is 4.74 Å². The number of benzene rings is 1. The molecule has 1 N–H and O–H groups in total. The zero-order valence-electron chi connectivity index (χ0n) is 15.9. The van der Waals surface area contributed by atoms with Crippen LogP contribution in [-0.4, -0.2) is 36.6 Å². The van der Waals surface area contributed by atoms with Gasteiger partial charge in [-0.1, -0.05) is 12.1 Å². The quantitative estimate of drug-likeness (QED) is 0.742. The summed E-state index contributed by atoms with van der Waals surface area (Å²) < 4.78 is 19.6. The second-order valence-electron chi connectivity index (χ2n) is 7.07. The van der Waals surface area contributed by atoms with Crippen LogP contribution in [0.3, 0.4) is 0 Å². The molecular formula is C21H23FN2O4. The number of halogens is 1. The number of hydrogen-bond donors (Lipinski definition) is 1. The molecule has 1 saturated carbocycles. The average molecular weight is 386 g/mol. The normalized spacial score (nSPS) is 18.2. The van der Waals surface area contributed by atoms with E-state index in [1.165, 1.54) is 23.9 Å². The fourth-order valence-electron chi connectivity index (χ4n) is 3.37. The highest BCUT2D eigenvalue weighted by atomic mass is 19.1. The van der Waals surface area contributed by atoms with E-state index in [0.717, 1.165) is 5.56 Å². The van der Waals surface area contributed by atoms with Gasteiger partial charge in [0.1, 0.15) is 17.5 Å². The molecule has 1 aliphatic rings. The number of carbonyl (C=O) groups is 2. The van der Waals surface area contributed by atoms with Crippen LogP contribution in [0.1, 0.15) is 45.5 Å². The van der Waals surface area contributed by atoms with E-state index < -0.39 is 17.6 Å². The van der Waals surface area contributed by atoms with Crippen molar-refractivity contribution in [2.75, 3.05) is 14.2 Å². The van der Waals surface area contributed by atoms with Crippen LogP contribution >= 0.6 is 0 Å². The summed E-state index contributed by atoms with van der Waals surface area (Å²) >= 11 is 0. The number of ketones is 1. The maximum absolute atomic E-state index is 13.0. The highest BCUT2D eigenvalue weighted by molar-refractivity contribution is 6.00. The zero-order valence-corrected chi connectivity index (χ0v) is 15.9. The molecule has 1 heterocycles. The number of aromatic nitrogens is 1. The van der Waals surface area contributed by atoms with Gasteiger partial charge in [0.15, 0.2) is 5.78 Å². The first kappa shape index (κ1) is 19.8. The van der Waals surface area contributed by atoms with E-state index in [-0.39, 0.29) is 35.8 Å². The molecule has 0 bridgehead atoms. The van der Waals surface area contributed by atoms with Gasteiger partial charge >= 0.3 is 0 Å². The smallest absolute Gasteiger partial charge is 0.263 e. The van der Waals surface area contributed by atoms with Crippen molar-refractivity contribution >= 4 is 11.7 Å². The molecule has 2 aromatic rings. The van der Waals surface area contributed by atoms with Gasteiger partial charge in [0.2, 0.25) is 0 Å². The summed E-state index contributed by atoms with van der Waals surface area (Å²) in [6, 6.07) is 8.54. The molecule has 0 saturated heterocycles. The Morgan fingerprint density at radius 3 is 2.68 bits per heavy atom. The standard InChI is InChI=1S/C21H23FN2O4/c1-23-20(26)18-10-15(19(25)9-14-6-16(22)7-14)12-24(21(18)27)11-13-4-3-5-17(8-13)28-2/h3-5,8,10,12,14,16H,6-7,9,11H2,1-2H3,(H,23,26). The van der Waals surface area contributed by atoms with Crippen LogP contribution in [0.5, 0.6) is 5.75 Å². The number of amides is 1. The minimum Gasteiger partial charge on any atom is -0.497 e. The summed E-state index contributed by atoms with van der Waals surface area (Å²) in [7, 11) is 2.98. The van der Waals surface area contributed by atoms with Gasteiger partial charge in [0, 0.05) is 25.2 Å². The van der Waals surface area contributed by atoms with E-state index in [0.29, 0.717) is 18.6 Å². The van der Waals surface area contributed by atoms with Crippen LogP contribution in [0.25, 0.3) is 0 Å². The Morgan fingerprint density at radius 2 is 2.04 bits per heavy atom. The monoisotopic (exact) mass is 386 g/mol. The lowest BCUT2D eigenvalue weighted by atomic mass is 9.79. The predicted octanol–water partition coefficient (Wildman–Crippen LogP) is 2.59. The molecule has 1 aliphatic carbocycles. The number of alkyl halides is 1. The first-order valence-corrected chi connectivity index (χ1v) is 9.18. The third-order valence-corrected chi connectivity index (χ3v) is 5.02. The molecule has 0 spiro atoms. The Balaban J connectivity index is 1.94. The second kappa shape index (κ2) is 8.37. The molecule has 0 aliphatic heterocycles. The van der Waals surface area contributed by atoms with Gasteiger partial charge in [0.05, 0.1) is 13.7 Å². The maximum atomic E-state index is 13.0. The van der Waals surface area contributed by atoms with Gasteiger partial charge in [-0.15, -0.1) is 0 Å². The van der Waals surface area contributed by atoms with Crippen LogP contribution in [0, 0.1) is 5.92 Å². The predicted molar refractivity (Wildman–Crippen MR) is 103 cm³/mol. The van der Waals surface area contributed by atoms with Crippen molar-refractivity contribution in [2.24, 2.45) is 5.92 Å². The lowest BCUT2D eigenvalue weighted by molar-refractivity contribution is 0.0839. The van der Waals surface area contributed by atoms with E-state index in [9.17, 15) is 18.8 Å².